The first-order valence-corrected chi connectivity index (χ1v) is 8.52. The summed E-state index contributed by atoms with van der Waals surface area (Å²) < 4.78 is 0. The average Bonchev–Trinajstić information content (AvgIpc) is 3.05. The van der Waals surface area contributed by atoms with Crippen LogP contribution in [0, 0.1) is 5.92 Å². The molecule has 1 fully saturated rings. The highest BCUT2D eigenvalue weighted by Gasteiger charge is 2.24. The standard InChI is InChI=1S/C20H21N3O/c24-20-18-9-5-4-8-17(18)19(21-22-20)12-16-10-11-23(14-16)13-15-6-2-1-3-7-15/h1-9,16H,10-14H2,(H,22,24). The number of nitrogens with zero attached hydrogens (tertiary/aromatic N) is 2. The van der Waals surface area contributed by atoms with Gasteiger partial charge in [-0.3, -0.25) is 9.69 Å². The fourth-order valence-corrected chi connectivity index (χ4v) is 3.67. The molecular formula is C20H21N3O. The molecule has 0 radical (unpaired) electrons. The van der Waals surface area contributed by atoms with Crippen molar-refractivity contribution in [2.24, 2.45) is 5.92 Å². The molecule has 24 heavy (non-hydrogen) atoms. The monoisotopic (exact) mass is 319 g/mol. The Bertz CT molecular complexity index is 888. The first-order chi connectivity index (χ1) is 11.8. The van der Waals surface area contributed by atoms with Crippen molar-refractivity contribution in [2.75, 3.05) is 13.1 Å². The number of hydrogen-bond donors (Lipinski definition) is 1. The van der Waals surface area contributed by atoms with E-state index < -0.39 is 0 Å². The second-order valence-corrected chi connectivity index (χ2v) is 6.62. The van der Waals surface area contributed by atoms with E-state index in [1.807, 2.05) is 24.3 Å². The Kier molecular flexibility index (Phi) is 4.13. The van der Waals surface area contributed by atoms with Crippen molar-refractivity contribution in [1.82, 2.24) is 15.1 Å². The van der Waals surface area contributed by atoms with E-state index in [0.29, 0.717) is 5.92 Å². The lowest BCUT2D eigenvalue weighted by Crippen LogP contribution is -2.21. The van der Waals surface area contributed by atoms with Gasteiger partial charge in [0.1, 0.15) is 0 Å². The van der Waals surface area contributed by atoms with E-state index in [1.165, 1.54) is 12.0 Å². The van der Waals surface area contributed by atoms with Gasteiger partial charge in [-0.25, -0.2) is 5.10 Å². The third-order valence-corrected chi connectivity index (χ3v) is 4.88. The summed E-state index contributed by atoms with van der Waals surface area (Å²) in [6.07, 6.45) is 2.10. The minimum absolute atomic E-state index is 0.105. The van der Waals surface area contributed by atoms with Crippen LogP contribution in [0.3, 0.4) is 0 Å². The third-order valence-electron chi connectivity index (χ3n) is 4.88. The van der Waals surface area contributed by atoms with Crippen LogP contribution in [0.25, 0.3) is 10.8 Å². The van der Waals surface area contributed by atoms with Crippen LogP contribution in [0.5, 0.6) is 0 Å². The van der Waals surface area contributed by atoms with E-state index in [4.69, 9.17) is 0 Å². The molecule has 1 unspecified atom stereocenters. The Labute approximate surface area is 141 Å². The van der Waals surface area contributed by atoms with Crippen LogP contribution < -0.4 is 5.56 Å². The second kappa shape index (κ2) is 6.57. The molecule has 1 aliphatic heterocycles. The van der Waals surface area contributed by atoms with Gasteiger partial charge >= 0.3 is 0 Å². The number of aromatic nitrogens is 2. The molecule has 2 heterocycles. The van der Waals surface area contributed by atoms with E-state index in [9.17, 15) is 4.79 Å². The maximum absolute atomic E-state index is 11.9. The molecule has 122 valence electrons. The van der Waals surface area contributed by atoms with Crippen LogP contribution in [-0.2, 0) is 13.0 Å². The first kappa shape index (κ1) is 15.1. The molecule has 0 bridgehead atoms. The number of rotatable bonds is 4. The Morgan fingerprint density at radius 3 is 2.62 bits per heavy atom. The van der Waals surface area contributed by atoms with Crippen molar-refractivity contribution in [1.29, 1.82) is 0 Å². The molecule has 0 aliphatic carbocycles. The van der Waals surface area contributed by atoms with Gasteiger partial charge in [0, 0.05) is 18.5 Å². The predicted molar refractivity (Wildman–Crippen MR) is 95.9 cm³/mol. The summed E-state index contributed by atoms with van der Waals surface area (Å²) in [5, 5.41) is 8.70. The molecule has 3 aromatic rings. The topological polar surface area (TPSA) is 49.0 Å². The van der Waals surface area contributed by atoms with Crippen molar-refractivity contribution >= 4 is 10.8 Å². The van der Waals surface area contributed by atoms with Gasteiger partial charge < -0.3 is 0 Å². The highest BCUT2D eigenvalue weighted by molar-refractivity contribution is 5.83. The van der Waals surface area contributed by atoms with Crippen molar-refractivity contribution in [3.8, 4) is 0 Å². The smallest absolute Gasteiger partial charge is 0.272 e. The Morgan fingerprint density at radius 1 is 1.04 bits per heavy atom. The molecule has 1 aromatic heterocycles. The minimum Gasteiger partial charge on any atom is -0.299 e. The van der Waals surface area contributed by atoms with Gasteiger partial charge in [-0.15, -0.1) is 0 Å². The molecule has 0 amide bonds. The van der Waals surface area contributed by atoms with Gasteiger partial charge in [-0.1, -0.05) is 48.5 Å². The number of aromatic amines is 1. The number of likely N-dealkylation sites (tertiary alicyclic amines) is 1. The number of fused-ring (bicyclic) bond motifs is 1. The molecule has 4 heteroatoms. The molecular weight excluding hydrogens is 298 g/mol. The molecule has 0 saturated carbocycles. The maximum Gasteiger partial charge on any atom is 0.272 e. The molecule has 1 aliphatic rings. The van der Waals surface area contributed by atoms with Gasteiger partial charge in [0.15, 0.2) is 0 Å². The number of nitrogens with one attached hydrogen (secondary N) is 1. The largest absolute Gasteiger partial charge is 0.299 e. The summed E-state index contributed by atoms with van der Waals surface area (Å²) in [7, 11) is 0. The van der Waals surface area contributed by atoms with Crippen molar-refractivity contribution in [3.63, 3.8) is 0 Å². The molecule has 2 aromatic carbocycles. The van der Waals surface area contributed by atoms with Crippen LogP contribution in [0.1, 0.15) is 17.7 Å². The fraction of sp³-hybridized carbons (Fsp3) is 0.300. The molecule has 4 nitrogen and oxygen atoms in total. The lowest BCUT2D eigenvalue weighted by molar-refractivity contribution is 0.316. The molecule has 4 rings (SSSR count). The van der Waals surface area contributed by atoms with E-state index in [1.54, 1.807) is 0 Å². The summed E-state index contributed by atoms with van der Waals surface area (Å²) in [6, 6.07) is 18.4. The summed E-state index contributed by atoms with van der Waals surface area (Å²) >= 11 is 0. The van der Waals surface area contributed by atoms with Crippen molar-refractivity contribution < 1.29 is 0 Å². The predicted octanol–water partition coefficient (Wildman–Crippen LogP) is 2.99. The Morgan fingerprint density at radius 2 is 1.79 bits per heavy atom. The summed E-state index contributed by atoms with van der Waals surface area (Å²) in [5.41, 5.74) is 2.27. The molecule has 1 N–H and O–H groups in total. The SMILES string of the molecule is O=c1[nH]nc(CC2CCN(Cc3ccccc3)C2)c2ccccc12. The van der Waals surface area contributed by atoms with Gasteiger partial charge in [-0.2, -0.15) is 5.10 Å². The van der Waals surface area contributed by atoms with Gasteiger partial charge in [-0.05, 0) is 36.9 Å². The average molecular weight is 319 g/mol. The quantitative estimate of drug-likeness (QED) is 0.804. The molecule has 1 saturated heterocycles. The van der Waals surface area contributed by atoms with E-state index in [-0.39, 0.29) is 5.56 Å². The third kappa shape index (κ3) is 3.10. The van der Waals surface area contributed by atoms with Gasteiger partial charge in [0.05, 0.1) is 11.1 Å². The fourth-order valence-electron chi connectivity index (χ4n) is 3.67. The van der Waals surface area contributed by atoms with E-state index >= 15 is 0 Å². The van der Waals surface area contributed by atoms with Crippen molar-refractivity contribution in [2.45, 2.75) is 19.4 Å². The normalized spacial score (nSPS) is 18.2. The summed E-state index contributed by atoms with van der Waals surface area (Å²) in [4.78, 5) is 14.4. The highest BCUT2D eigenvalue weighted by Crippen LogP contribution is 2.24. The van der Waals surface area contributed by atoms with Crippen molar-refractivity contribution in [3.05, 3.63) is 76.2 Å². The van der Waals surface area contributed by atoms with Gasteiger partial charge in [0.25, 0.3) is 5.56 Å². The lowest BCUT2D eigenvalue weighted by atomic mass is 9.99. The molecule has 1 atom stereocenters. The molecule has 0 spiro atoms. The van der Waals surface area contributed by atoms with E-state index in [0.717, 1.165) is 42.5 Å². The Hall–Kier alpha value is -2.46. The van der Waals surface area contributed by atoms with E-state index in [2.05, 4.69) is 45.4 Å². The Balaban J connectivity index is 1.47. The van der Waals surface area contributed by atoms with Crippen LogP contribution in [0.2, 0.25) is 0 Å². The minimum atomic E-state index is -0.105. The summed E-state index contributed by atoms with van der Waals surface area (Å²) in [5.74, 6) is 0.593. The van der Waals surface area contributed by atoms with Gasteiger partial charge in [0.2, 0.25) is 0 Å². The first-order valence-electron chi connectivity index (χ1n) is 8.52. The lowest BCUT2D eigenvalue weighted by Gasteiger charge is -2.16. The van der Waals surface area contributed by atoms with Crippen LogP contribution in [-0.4, -0.2) is 28.2 Å². The zero-order chi connectivity index (χ0) is 16.4. The van der Waals surface area contributed by atoms with Crippen LogP contribution in [0.4, 0.5) is 0 Å². The number of benzene rings is 2. The number of H-pyrrole nitrogens is 1. The van der Waals surface area contributed by atoms with Crippen LogP contribution in [0.15, 0.2) is 59.4 Å². The zero-order valence-corrected chi connectivity index (χ0v) is 13.6. The van der Waals surface area contributed by atoms with Crippen LogP contribution >= 0.6 is 0 Å². The number of hydrogen-bond acceptors (Lipinski definition) is 3. The highest BCUT2D eigenvalue weighted by atomic mass is 16.1. The maximum atomic E-state index is 11.9. The summed E-state index contributed by atoms with van der Waals surface area (Å²) in [6.45, 7) is 3.22. The zero-order valence-electron chi connectivity index (χ0n) is 13.6. The second-order valence-electron chi connectivity index (χ2n) is 6.62.